The Balaban J connectivity index is 1.81. The van der Waals surface area contributed by atoms with E-state index in [-0.39, 0.29) is 18.1 Å². The lowest BCUT2D eigenvalue weighted by atomic mass is 9.98. The molecule has 5 heteroatoms. The number of carbonyl (C=O) groups excluding carboxylic acids is 1. The van der Waals surface area contributed by atoms with Gasteiger partial charge in [-0.2, -0.15) is 5.26 Å². The van der Waals surface area contributed by atoms with E-state index in [1.807, 2.05) is 42.5 Å². The maximum atomic E-state index is 12.9. The van der Waals surface area contributed by atoms with E-state index in [9.17, 15) is 10.1 Å². The maximum absolute atomic E-state index is 12.9. The van der Waals surface area contributed by atoms with Crippen LogP contribution in [0, 0.1) is 11.3 Å². The van der Waals surface area contributed by atoms with E-state index < -0.39 is 0 Å². The van der Waals surface area contributed by atoms with Crippen molar-refractivity contribution in [3.63, 3.8) is 0 Å². The lowest BCUT2D eigenvalue weighted by Gasteiger charge is -2.09. The van der Waals surface area contributed by atoms with E-state index in [2.05, 4.69) is 0 Å². The summed E-state index contributed by atoms with van der Waals surface area (Å²) in [7, 11) is 1.56. The number of ether oxygens (including phenoxy) is 3. The molecule has 0 N–H and O–H groups in total. The van der Waals surface area contributed by atoms with Gasteiger partial charge in [-0.1, -0.05) is 30.3 Å². The van der Waals surface area contributed by atoms with Gasteiger partial charge in [0.25, 0.3) is 0 Å². The Morgan fingerprint density at radius 2 is 1.93 bits per heavy atom. The molecule has 1 heterocycles. The van der Waals surface area contributed by atoms with E-state index in [1.54, 1.807) is 31.4 Å². The number of ketones is 1. The normalized spacial score (nSPS) is 12.7. The van der Waals surface area contributed by atoms with Crippen LogP contribution in [0.5, 0.6) is 17.2 Å². The molecule has 0 saturated carbocycles. The monoisotopic (exact) mass is 357 g/mol. The number of fused-ring (bicyclic) bond motifs is 2. The fraction of sp³-hybridized carbons (Fsp3) is 0.0909. The van der Waals surface area contributed by atoms with Crippen molar-refractivity contribution in [3.05, 3.63) is 71.3 Å². The van der Waals surface area contributed by atoms with Gasteiger partial charge in [-0.25, -0.2) is 0 Å². The van der Waals surface area contributed by atoms with Crippen LogP contribution in [0.1, 0.15) is 15.9 Å². The lowest BCUT2D eigenvalue weighted by molar-refractivity contribution is 0.103. The van der Waals surface area contributed by atoms with Crippen LogP contribution in [-0.2, 0) is 0 Å². The summed E-state index contributed by atoms with van der Waals surface area (Å²) in [5, 5.41) is 11.5. The predicted octanol–water partition coefficient (Wildman–Crippen LogP) is 4.37. The van der Waals surface area contributed by atoms with Gasteiger partial charge in [-0.05, 0) is 41.1 Å². The number of benzene rings is 3. The number of Topliss-reactive ketones (excluding diaryl/α,β-unsaturated/α-hetero) is 1. The standard InChI is InChI=1S/C22H15NO4/c1-25-19-8-6-14-4-2-3-5-17(14)18(19)10-16(12-23)22(24)15-7-9-20-21(11-15)27-13-26-20/h2-11H,13H2,1H3/b16-10-. The highest BCUT2D eigenvalue weighted by atomic mass is 16.7. The Hall–Kier alpha value is -3.78. The van der Waals surface area contributed by atoms with Crippen LogP contribution in [0.2, 0.25) is 0 Å². The van der Waals surface area contributed by atoms with Crippen molar-refractivity contribution in [1.82, 2.24) is 0 Å². The summed E-state index contributed by atoms with van der Waals surface area (Å²) in [6.07, 6.45) is 1.58. The zero-order valence-electron chi connectivity index (χ0n) is 14.6. The van der Waals surface area contributed by atoms with Gasteiger partial charge in [0.2, 0.25) is 12.6 Å². The number of hydrogen-bond acceptors (Lipinski definition) is 5. The lowest BCUT2D eigenvalue weighted by Crippen LogP contribution is -2.02. The summed E-state index contributed by atoms with van der Waals surface area (Å²) < 4.78 is 16.0. The molecule has 132 valence electrons. The Morgan fingerprint density at radius 1 is 1.11 bits per heavy atom. The summed E-state index contributed by atoms with van der Waals surface area (Å²) in [6, 6.07) is 18.4. The first-order chi connectivity index (χ1) is 13.2. The second-order valence-electron chi connectivity index (χ2n) is 5.97. The molecule has 0 atom stereocenters. The highest BCUT2D eigenvalue weighted by Crippen LogP contribution is 2.34. The fourth-order valence-corrected chi connectivity index (χ4v) is 3.09. The van der Waals surface area contributed by atoms with Crippen LogP contribution in [0.15, 0.2) is 60.2 Å². The topological polar surface area (TPSA) is 68.5 Å². The molecule has 0 unspecified atom stereocenters. The molecule has 0 fully saturated rings. The van der Waals surface area contributed by atoms with Crippen molar-refractivity contribution in [2.75, 3.05) is 13.9 Å². The zero-order chi connectivity index (χ0) is 18.8. The third kappa shape index (κ3) is 2.98. The van der Waals surface area contributed by atoms with Gasteiger partial charge in [0.1, 0.15) is 17.4 Å². The summed E-state index contributed by atoms with van der Waals surface area (Å²) in [4.78, 5) is 12.9. The average molecular weight is 357 g/mol. The van der Waals surface area contributed by atoms with E-state index in [4.69, 9.17) is 14.2 Å². The Kier molecular flexibility index (Phi) is 4.23. The number of methoxy groups -OCH3 is 1. The average Bonchev–Trinajstić information content (AvgIpc) is 3.19. The minimum Gasteiger partial charge on any atom is -0.496 e. The molecule has 3 aromatic rings. The number of nitriles is 1. The van der Waals surface area contributed by atoms with E-state index >= 15 is 0 Å². The Bertz CT molecular complexity index is 1120. The Labute approximate surface area is 156 Å². The first kappa shape index (κ1) is 16.7. The molecular formula is C22H15NO4. The van der Waals surface area contributed by atoms with Gasteiger partial charge in [0, 0.05) is 11.1 Å². The summed E-state index contributed by atoms with van der Waals surface area (Å²) in [5.74, 6) is 1.30. The Morgan fingerprint density at radius 3 is 2.74 bits per heavy atom. The van der Waals surface area contributed by atoms with Crippen LogP contribution in [-0.4, -0.2) is 19.7 Å². The van der Waals surface area contributed by atoms with Gasteiger partial charge in [0.05, 0.1) is 7.11 Å². The van der Waals surface area contributed by atoms with Crippen molar-refractivity contribution in [2.24, 2.45) is 0 Å². The summed E-state index contributed by atoms with van der Waals surface area (Å²) in [5.41, 5.74) is 1.08. The van der Waals surface area contributed by atoms with Crippen molar-refractivity contribution in [1.29, 1.82) is 5.26 Å². The number of allylic oxidation sites excluding steroid dienone is 1. The first-order valence-corrected chi connectivity index (χ1v) is 8.33. The summed E-state index contributed by atoms with van der Waals surface area (Å²) >= 11 is 0. The van der Waals surface area contributed by atoms with Gasteiger partial charge >= 0.3 is 0 Å². The maximum Gasteiger partial charge on any atom is 0.231 e. The number of rotatable bonds is 4. The van der Waals surface area contributed by atoms with Crippen LogP contribution >= 0.6 is 0 Å². The molecule has 1 aliphatic rings. The zero-order valence-corrected chi connectivity index (χ0v) is 14.6. The molecule has 0 radical (unpaired) electrons. The molecule has 5 nitrogen and oxygen atoms in total. The molecule has 0 bridgehead atoms. The van der Waals surface area contributed by atoms with Gasteiger partial charge in [-0.15, -0.1) is 0 Å². The molecule has 0 aliphatic carbocycles. The highest BCUT2D eigenvalue weighted by Gasteiger charge is 2.19. The van der Waals surface area contributed by atoms with Crippen molar-refractivity contribution in [3.8, 4) is 23.3 Å². The van der Waals surface area contributed by atoms with Crippen LogP contribution < -0.4 is 14.2 Å². The second-order valence-corrected chi connectivity index (χ2v) is 5.97. The van der Waals surface area contributed by atoms with Crippen LogP contribution in [0.25, 0.3) is 16.8 Å². The third-order valence-corrected chi connectivity index (χ3v) is 4.44. The van der Waals surface area contributed by atoms with E-state index in [0.717, 1.165) is 10.8 Å². The molecule has 0 saturated heterocycles. The molecule has 1 aliphatic heterocycles. The minimum absolute atomic E-state index is 0.0171. The SMILES string of the molecule is COc1ccc2ccccc2c1/C=C(/C#N)C(=O)c1ccc2c(c1)OCO2. The van der Waals surface area contributed by atoms with Crippen molar-refractivity contribution in [2.45, 2.75) is 0 Å². The van der Waals surface area contributed by atoms with Crippen molar-refractivity contribution >= 4 is 22.6 Å². The molecule has 3 aromatic carbocycles. The predicted molar refractivity (Wildman–Crippen MR) is 101 cm³/mol. The third-order valence-electron chi connectivity index (χ3n) is 4.44. The number of nitrogens with zero attached hydrogens (tertiary/aromatic N) is 1. The molecule has 27 heavy (non-hydrogen) atoms. The number of hydrogen-bond donors (Lipinski definition) is 0. The quantitative estimate of drug-likeness (QED) is 0.394. The minimum atomic E-state index is -0.384. The first-order valence-electron chi connectivity index (χ1n) is 8.33. The smallest absolute Gasteiger partial charge is 0.231 e. The van der Waals surface area contributed by atoms with Crippen molar-refractivity contribution < 1.29 is 19.0 Å². The van der Waals surface area contributed by atoms with Gasteiger partial charge in [-0.3, -0.25) is 4.79 Å². The second kappa shape index (κ2) is 6.85. The van der Waals surface area contributed by atoms with E-state index in [1.165, 1.54) is 0 Å². The molecule has 4 rings (SSSR count). The van der Waals surface area contributed by atoms with Gasteiger partial charge < -0.3 is 14.2 Å². The molecular weight excluding hydrogens is 342 g/mol. The summed E-state index contributed by atoms with van der Waals surface area (Å²) in [6.45, 7) is 0.126. The van der Waals surface area contributed by atoms with Gasteiger partial charge in [0.15, 0.2) is 11.5 Å². The molecule has 0 amide bonds. The molecule has 0 spiro atoms. The fourth-order valence-electron chi connectivity index (χ4n) is 3.09. The molecule has 0 aromatic heterocycles. The van der Waals surface area contributed by atoms with Crippen LogP contribution in [0.3, 0.4) is 0 Å². The highest BCUT2D eigenvalue weighted by molar-refractivity contribution is 6.15. The number of carbonyl (C=O) groups is 1. The van der Waals surface area contributed by atoms with E-state index in [0.29, 0.717) is 28.4 Å². The van der Waals surface area contributed by atoms with Crippen LogP contribution in [0.4, 0.5) is 0 Å². The largest absolute Gasteiger partial charge is 0.496 e.